The highest BCUT2D eigenvalue weighted by Crippen LogP contribution is 2.39. The summed E-state index contributed by atoms with van der Waals surface area (Å²) in [6.07, 6.45) is 2.74. The summed E-state index contributed by atoms with van der Waals surface area (Å²) < 4.78 is 36.8. The molecule has 7 nitrogen and oxygen atoms in total. The van der Waals surface area contributed by atoms with Crippen molar-refractivity contribution in [2.75, 3.05) is 11.9 Å². The summed E-state index contributed by atoms with van der Waals surface area (Å²) in [4.78, 5) is 16.7. The molecular weight excluding hydrogens is 346 g/mol. The van der Waals surface area contributed by atoms with E-state index in [0.29, 0.717) is 17.2 Å². The van der Waals surface area contributed by atoms with Gasteiger partial charge < -0.3 is 14.8 Å². The van der Waals surface area contributed by atoms with Crippen LogP contribution < -0.4 is 10.1 Å². The zero-order valence-corrected chi connectivity index (χ0v) is 13.9. The topological polar surface area (TPSA) is 78.3 Å². The third-order valence-corrected chi connectivity index (χ3v) is 3.78. The van der Waals surface area contributed by atoms with E-state index in [4.69, 9.17) is 4.74 Å². The number of carbonyl (C=O) groups excluding carboxylic acids is 1. The summed E-state index contributed by atoms with van der Waals surface area (Å²) in [5.41, 5.74) is 1.04. The molecule has 2 aromatic rings. The van der Waals surface area contributed by atoms with Crippen LogP contribution in [0, 0.1) is 0 Å². The van der Waals surface area contributed by atoms with Crippen molar-refractivity contribution in [3.63, 3.8) is 0 Å². The Bertz CT molecular complexity index is 863. The van der Waals surface area contributed by atoms with Gasteiger partial charge in [0.15, 0.2) is 0 Å². The summed E-state index contributed by atoms with van der Waals surface area (Å²) >= 11 is 0. The van der Waals surface area contributed by atoms with E-state index in [2.05, 4.69) is 26.7 Å². The molecule has 9 heteroatoms. The molecule has 2 heterocycles. The summed E-state index contributed by atoms with van der Waals surface area (Å²) in [6, 6.07) is 5.39. The number of halogens is 2. The van der Waals surface area contributed by atoms with E-state index in [1.165, 1.54) is 23.2 Å². The predicted molar refractivity (Wildman–Crippen MR) is 88.7 cm³/mol. The number of allylic oxidation sites excluding steroid dienone is 1. The first-order valence-corrected chi connectivity index (χ1v) is 7.72. The molecule has 3 rings (SSSR count). The number of nitrogens with one attached hydrogen (secondary N) is 1. The number of esters is 1. The van der Waals surface area contributed by atoms with Crippen molar-refractivity contribution in [2.24, 2.45) is 0 Å². The van der Waals surface area contributed by atoms with Crippen molar-refractivity contribution in [1.29, 1.82) is 0 Å². The molecule has 0 spiro atoms. The van der Waals surface area contributed by atoms with Crippen molar-refractivity contribution in [3.05, 3.63) is 60.1 Å². The minimum Gasteiger partial charge on any atom is -0.458 e. The van der Waals surface area contributed by atoms with Crippen LogP contribution in [-0.2, 0) is 9.53 Å². The maximum absolute atomic E-state index is 12.8. The molecule has 1 aromatic heterocycles. The molecule has 0 saturated carbocycles. The zero-order valence-electron chi connectivity index (χ0n) is 13.9. The molecule has 1 N–H and O–H groups in total. The molecular formula is C17H16F2N4O3. The van der Waals surface area contributed by atoms with Gasteiger partial charge in [0.2, 0.25) is 5.95 Å². The van der Waals surface area contributed by atoms with Crippen molar-refractivity contribution >= 4 is 11.9 Å². The minimum atomic E-state index is -3.01. The number of ether oxygens (including phenoxy) is 2. The Morgan fingerprint density at radius 2 is 2.23 bits per heavy atom. The van der Waals surface area contributed by atoms with Crippen LogP contribution >= 0.6 is 0 Å². The Morgan fingerprint density at radius 3 is 2.96 bits per heavy atom. The van der Waals surface area contributed by atoms with Crippen LogP contribution in [0.1, 0.15) is 18.5 Å². The lowest BCUT2D eigenvalue weighted by Gasteiger charge is -2.29. The second-order valence-electron chi connectivity index (χ2n) is 5.40. The van der Waals surface area contributed by atoms with Crippen molar-refractivity contribution < 1.29 is 23.0 Å². The molecule has 1 aliphatic heterocycles. The third-order valence-electron chi connectivity index (χ3n) is 3.78. The summed E-state index contributed by atoms with van der Waals surface area (Å²) in [5, 5.41) is 7.08. The van der Waals surface area contributed by atoms with Gasteiger partial charge in [-0.3, -0.25) is 0 Å². The molecule has 1 aromatic carbocycles. The number of benzene rings is 1. The maximum atomic E-state index is 12.8. The smallest absolute Gasteiger partial charge is 0.387 e. The van der Waals surface area contributed by atoms with Crippen molar-refractivity contribution in [2.45, 2.75) is 19.6 Å². The molecule has 0 radical (unpaired) electrons. The first kappa shape index (κ1) is 17.6. The maximum Gasteiger partial charge on any atom is 0.387 e. The van der Waals surface area contributed by atoms with E-state index >= 15 is 0 Å². The Labute approximate surface area is 147 Å². The molecule has 0 unspecified atom stereocenters. The molecule has 0 saturated heterocycles. The Balaban J connectivity index is 2.13. The Kier molecular flexibility index (Phi) is 4.97. The van der Waals surface area contributed by atoms with E-state index < -0.39 is 18.6 Å². The SMILES string of the molecule is C=CCOC(=O)C1=C(C)Nc2ncnn2[C@H]1c1ccccc1OC(F)F. The lowest BCUT2D eigenvalue weighted by atomic mass is 9.95. The highest BCUT2D eigenvalue weighted by Gasteiger charge is 2.36. The average Bonchev–Trinajstić information content (AvgIpc) is 3.06. The van der Waals surface area contributed by atoms with Gasteiger partial charge in [0.25, 0.3) is 0 Å². The fourth-order valence-electron chi connectivity index (χ4n) is 2.76. The van der Waals surface area contributed by atoms with Gasteiger partial charge in [-0.05, 0) is 13.0 Å². The lowest BCUT2D eigenvalue weighted by Crippen LogP contribution is -2.30. The van der Waals surface area contributed by atoms with Gasteiger partial charge in [-0.2, -0.15) is 18.9 Å². The Hall–Kier alpha value is -3.23. The van der Waals surface area contributed by atoms with Gasteiger partial charge in [0.1, 0.15) is 24.7 Å². The normalized spacial score (nSPS) is 16.1. The van der Waals surface area contributed by atoms with Gasteiger partial charge in [0.05, 0.1) is 5.57 Å². The van der Waals surface area contributed by atoms with Crippen LogP contribution in [0.5, 0.6) is 5.75 Å². The predicted octanol–water partition coefficient (Wildman–Crippen LogP) is 2.90. The first-order valence-electron chi connectivity index (χ1n) is 7.72. The first-order chi connectivity index (χ1) is 12.5. The van der Waals surface area contributed by atoms with Crippen LogP contribution in [0.4, 0.5) is 14.7 Å². The van der Waals surface area contributed by atoms with Gasteiger partial charge in [0, 0.05) is 11.3 Å². The molecule has 1 aliphatic rings. The number of anilines is 1. The molecule has 0 amide bonds. The van der Waals surface area contributed by atoms with Crippen LogP contribution in [-0.4, -0.2) is 34.0 Å². The number of carbonyl (C=O) groups is 1. The number of alkyl halides is 2. The van der Waals surface area contributed by atoms with E-state index in [-0.39, 0.29) is 17.9 Å². The average molecular weight is 362 g/mol. The molecule has 0 fully saturated rings. The molecule has 0 aliphatic carbocycles. The molecule has 1 atom stereocenters. The lowest BCUT2D eigenvalue weighted by molar-refractivity contribution is -0.138. The van der Waals surface area contributed by atoms with Gasteiger partial charge in [-0.1, -0.05) is 30.9 Å². The largest absolute Gasteiger partial charge is 0.458 e. The second kappa shape index (κ2) is 7.34. The molecule has 0 bridgehead atoms. The van der Waals surface area contributed by atoms with Crippen molar-refractivity contribution in [1.82, 2.24) is 14.8 Å². The van der Waals surface area contributed by atoms with E-state index in [1.807, 2.05) is 0 Å². The third kappa shape index (κ3) is 3.28. The second-order valence-corrected chi connectivity index (χ2v) is 5.40. The van der Waals surface area contributed by atoms with E-state index in [9.17, 15) is 13.6 Å². The van der Waals surface area contributed by atoms with Gasteiger partial charge in [-0.15, -0.1) is 0 Å². The van der Waals surface area contributed by atoms with Crippen LogP contribution in [0.15, 0.2) is 54.5 Å². The van der Waals surface area contributed by atoms with Crippen LogP contribution in [0.2, 0.25) is 0 Å². The quantitative estimate of drug-likeness (QED) is 0.629. The monoisotopic (exact) mass is 362 g/mol. The van der Waals surface area contributed by atoms with Crippen LogP contribution in [0.25, 0.3) is 0 Å². The van der Waals surface area contributed by atoms with Crippen molar-refractivity contribution in [3.8, 4) is 5.75 Å². The summed E-state index contributed by atoms with van der Waals surface area (Å²) in [5.74, 6) is -0.301. The van der Waals surface area contributed by atoms with Crippen LogP contribution in [0.3, 0.4) is 0 Å². The van der Waals surface area contributed by atoms with Gasteiger partial charge >= 0.3 is 12.6 Å². The number of aromatic nitrogens is 3. The Morgan fingerprint density at radius 1 is 1.46 bits per heavy atom. The standard InChI is InChI=1S/C17H16F2N4O3/c1-3-8-25-15(24)13-10(2)22-17-20-9-21-23(17)14(13)11-6-4-5-7-12(11)26-16(18)19/h3-7,9,14,16H,1,8H2,2H3,(H,20,21,22)/t14-/m0/s1. The number of rotatable bonds is 6. The van der Waals surface area contributed by atoms with E-state index in [1.54, 1.807) is 25.1 Å². The fraction of sp³-hybridized carbons (Fsp3) is 0.235. The summed E-state index contributed by atoms with van der Waals surface area (Å²) in [7, 11) is 0. The van der Waals surface area contributed by atoms with Gasteiger partial charge in [-0.25, -0.2) is 9.48 Å². The fourth-order valence-corrected chi connectivity index (χ4v) is 2.76. The number of hydrogen-bond donors (Lipinski definition) is 1. The highest BCUT2D eigenvalue weighted by atomic mass is 19.3. The zero-order chi connectivity index (χ0) is 18.7. The number of para-hydroxylation sites is 1. The molecule has 26 heavy (non-hydrogen) atoms. The molecule has 136 valence electrons. The number of hydrogen-bond acceptors (Lipinski definition) is 6. The highest BCUT2D eigenvalue weighted by molar-refractivity contribution is 5.92. The number of fused-ring (bicyclic) bond motifs is 1. The van der Waals surface area contributed by atoms with E-state index in [0.717, 1.165) is 0 Å². The minimum absolute atomic E-state index is 0.0156. The summed E-state index contributed by atoms with van der Waals surface area (Å²) in [6.45, 7) is 2.19. The number of nitrogens with zero attached hydrogens (tertiary/aromatic N) is 3.